The molecule has 98 valence electrons. The number of carboxylic acids is 1. The first-order valence-electron chi connectivity index (χ1n) is 6.33. The summed E-state index contributed by atoms with van der Waals surface area (Å²) in [5.74, 6) is -0.105. The first-order chi connectivity index (χ1) is 8.65. The summed E-state index contributed by atoms with van der Waals surface area (Å²) < 4.78 is 5.84. The maximum atomic E-state index is 10.4. The summed E-state index contributed by atoms with van der Waals surface area (Å²) in [6.07, 6.45) is 6.11. The summed E-state index contributed by atoms with van der Waals surface area (Å²) in [6.45, 7) is 4.26. The van der Waals surface area contributed by atoms with Gasteiger partial charge in [0.05, 0.1) is 6.10 Å². The lowest BCUT2D eigenvalue weighted by Gasteiger charge is -2.16. The highest BCUT2D eigenvalue weighted by molar-refractivity contribution is 5.85. The van der Waals surface area contributed by atoms with Crippen LogP contribution in [0.2, 0.25) is 0 Å². The van der Waals surface area contributed by atoms with Crippen molar-refractivity contribution in [2.24, 2.45) is 0 Å². The average Bonchev–Trinajstić information content (AvgIpc) is 2.37. The minimum atomic E-state index is -0.940. The van der Waals surface area contributed by atoms with Crippen LogP contribution in [-0.4, -0.2) is 17.2 Å². The fraction of sp³-hybridized carbons (Fsp3) is 0.400. The molecule has 1 aromatic carbocycles. The molecule has 3 heteroatoms. The Morgan fingerprint density at radius 1 is 1.33 bits per heavy atom. The van der Waals surface area contributed by atoms with Gasteiger partial charge < -0.3 is 9.84 Å². The van der Waals surface area contributed by atoms with Gasteiger partial charge in [-0.2, -0.15) is 0 Å². The van der Waals surface area contributed by atoms with Crippen LogP contribution in [0, 0.1) is 0 Å². The minimum absolute atomic E-state index is 0.260. The topological polar surface area (TPSA) is 46.5 Å². The maximum absolute atomic E-state index is 10.4. The van der Waals surface area contributed by atoms with Crippen molar-refractivity contribution in [1.29, 1.82) is 0 Å². The molecule has 1 atom stereocenters. The van der Waals surface area contributed by atoms with E-state index in [-0.39, 0.29) is 6.10 Å². The van der Waals surface area contributed by atoms with E-state index < -0.39 is 5.97 Å². The smallest absolute Gasteiger partial charge is 0.328 e. The van der Waals surface area contributed by atoms with Crippen LogP contribution in [0.15, 0.2) is 30.3 Å². The molecule has 0 amide bonds. The Kier molecular flexibility index (Phi) is 5.98. The molecule has 3 nitrogen and oxygen atoms in total. The van der Waals surface area contributed by atoms with E-state index in [2.05, 4.69) is 13.8 Å². The first-order valence-corrected chi connectivity index (χ1v) is 6.33. The summed E-state index contributed by atoms with van der Waals surface area (Å²) >= 11 is 0. The molecule has 0 fully saturated rings. The lowest BCUT2D eigenvalue weighted by atomic mass is 10.1. The fourth-order valence-electron chi connectivity index (χ4n) is 1.69. The van der Waals surface area contributed by atoms with Crippen LogP contribution in [0.5, 0.6) is 5.75 Å². The molecular formula is C15H20O3. The number of benzene rings is 1. The Morgan fingerprint density at radius 3 is 2.50 bits per heavy atom. The highest BCUT2D eigenvalue weighted by Crippen LogP contribution is 2.17. The number of carboxylic acid groups (broad SMARTS) is 1. The zero-order valence-electron chi connectivity index (χ0n) is 10.9. The van der Waals surface area contributed by atoms with Crippen LogP contribution in [-0.2, 0) is 4.79 Å². The standard InChI is InChI=1S/C15H20O3/c1-3-5-13(4-2)18-14-9-6-12(7-10-14)8-11-15(16)17/h6-11,13H,3-5H2,1-2H3,(H,16,17). The summed E-state index contributed by atoms with van der Waals surface area (Å²) in [5.41, 5.74) is 0.855. The molecule has 0 aliphatic rings. The average molecular weight is 248 g/mol. The van der Waals surface area contributed by atoms with E-state index in [4.69, 9.17) is 9.84 Å². The number of rotatable bonds is 7. The van der Waals surface area contributed by atoms with Crippen molar-refractivity contribution in [2.45, 2.75) is 39.2 Å². The van der Waals surface area contributed by atoms with Gasteiger partial charge >= 0.3 is 5.97 Å². The molecule has 0 radical (unpaired) electrons. The zero-order valence-corrected chi connectivity index (χ0v) is 10.9. The third kappa shape index (κ3) is 5.04. The van der Waals surface area contributed by atoms with Gasteiger partial charge in [0.1, 0.15) is 5.75 Å². The van der Waals surface area contributed by atoms with Crippen molar-refractivity contribution in [3.8, 4) is 5.75 Å². The molecule has 0 aliphatic heterocycles. The van der Waals surface area contributed by atoms with E-state index in [0.717, 1.165) is 36.7 Å². The number of hydrogen-bond acceptors (Lipinski definition) is 2. The van der Waals surface area contributed by atoms with E-state index in [1.54, 1.807) is 6.08 Å². The Morgan fingerprint density at radius 2 is 2.00 bits per heavy atom. The highest BCUT2D eigenvalue weighted by Gasteiger charge is 2.06. The van der Waals surface area contributed by atoms with Gasteiger partial charge in [0, 0.05) is 6.08 Å². The molecule has 0 saturated carbocycles. The highest BCUT2D eigenvalue weighted by atomic mass is 16.5. The van der Waals surface area contributed by atoms with Crippen molar-refractivity contribution in [3.63, 3.8) is 0 Å². The normalized spacial score (nSPS) is 12.6. The van der Waals surface area contributed by atoms with E-state index in [9.17, 15) is 4.79 Å². The Hall–Kier alpha value is -1.77. The Bertz CT molecular complexity index is 393. The monoisotopic (exact) mass is 248 g/mol. The molecule has 1 aromatic rings. The predicted molar refractivity (Wildman–Crippen MR) is 72.7 cm³/mol. The lowest BCUT2D eigenvalue weighted by Crippen LogP contribution is -2.14. The third-order valence-corrected chi connectivity index (χ3v) is 2.67. The van der Waals surface area contributed by atoms with Gasteiger partial charge in [0.25, 0.3) is 0 Å². The summed E-state index contributed by atoms with van der Waals surface area (Å²) in [7, 11) is 0. The minimum Gasteiger partial charge on any atom is -0.490 e. The molecule has 1 unspecified atom stereocenters. The van der Waals surface area contributed by atoms with Gasteiger partial charge in [-0.1, -0.05) is 32.4 Å². The first kappa shape index (κ1) is 14.3. The van der Waals surface area contributed by atoms with E-state index >= 15 is 0 Å². The third-order valence-electron chi connectivity index (χ3n) is 2.67. The molecule has 0 bridgehead atoms. The van der Waals surface area contributed by atoms with Gasteiger partial charge in [-0.25, -0.2) is 4.79 Å². The summed E-state index contributed by atoms with van der Waals surface area (Å²) in [4.78, 5) is 10.4. The van der Waals surface area contributed by atoms with Crippen LogP contribution < -0.4 is 4.74 Å². The Labute approximate surface area is 108 Å². The number of ether oxygens (including phenoxy) is 1. The molecule has 0 spiro atoms. The zero-order chi connectivity index (χ0) is 13.4. The van der Waals surface area contributed by atoms with Gasteiger partial charge in [0.2, 0.25) is 0 Å². The molecule has 18 heavy (non-hydrogen) atoms. The van der Waals surface area contributed by atoms with Gasteiger partial charge in [-0.15, -0.1) is 0 Å². The van der Waals surface area contributed by atoms with Crippen molar-refractivity contribution in [3.05, 3.63) is 35.9 Å². The molecule has 1 rings (SSSR count). The summed E-state index contributed by atoms with van der Waals surface area (Å²) in [6, 6.07) is 7.46. The van der Waals surface area contributed by atoms with Crippen LogP contribution in [0.25, 0.3) is 6.08 Å². The molecule has 0 heterocycles. The van der Waals surface area contributed by atoms with Crippen LogP contribution >= 0.6 is 0 Å². The molecule has 0 aromatic heterocycles. The largest absolute Gasteiger partial charge is 0.490 e. The van der Waals surface area contributed by atoms with Crippen molar-refractivity contribution >= 4 is 12.0 Å². The number of hydrogen-bond donors (Lipinski definition) is 1. The number of carbonyl (C=O) groups is 1. The second-order valence-electron chi connectivity index (χ2n) is 4.18. The van der Waals surface area contributed by atoms with E-state index in [1.165, 1.54) is 0 Å². The van der Waals surface area contributed by atoms with Gasteiger partial charge in [-0.3, -0.25) is 0 Å². The second kappa shape index (κ2) is 7.54. The number of aliphatic carboxylic acids is 1. The van der Waals surface area contributed by atoms with Crippen LogP contribution in [0.4, 0.5) is 0 Å². The maximum Gasteiger partial charge on any atom is 0.328 e. The van der Waals surface area contributed by atoms with Crippen molar-refractivity contribution < 1.29 is 14.6 Å². The van der Waals surface area contributed by atoms with Gasteiger partial charge in [-0.05, 0) is 36.6 Å². The predicted octanol–water partition coefficient (Wildman–Crippen LogP) is 3.74. The van der Waals surface area contributed by atoms with Gasteiger partial charge in [0.15, 0.2) is 0 Å². The fourth-order valence-corrected chi connectivity index (χ4v) is 1.69. The molecule has 1 N–H and O–H groups in total. The van der Waals surface area contributed by atoms with Crippen LogP contribution in [0.1, 0.15) is 38.7 Å². The molecule has 0 saturated heterocycles. The van der Waals surface area contributed by atoms with Crippen molar-refractivity contribution in [2.75, 3.05) is 0 Å². The SMILES string of the molecule is CCCC(CC)Oc1ccc(C=CC(=O)O)cc1. The second-order valence-corrected chi connectivity index (χ2v) is 4.18. The van der Waals surface area contributed by atoms with E-state index in [0.29, 0.717) is 0 Å². The van der Waals surface area contributed by atoms with Crippen molar-refractivity contribution in [1.82, 2.24) is 0 Å². The summed E-state index contributed by atoms with van der Waals surface area (Å²) in [5, 5.41) is 8.53. The quantitative estimate of drug-likeness (QED) is 0.748. The molecular weight excluding hydrogens is 228 g/mol. The molecule has 0 aliphatic carbocycles. The van der Waals surface area contributed by atoms with E-state index in [1.807, 2.05) is 24.3 Å². The lowest BCUT2D eigenvalue weighted by molar-refractivity contribution is -0.131. The van der Waals surface area contributed by atoms with Crippen LogP contribution in [0.3, 0.4) is 0 Å². The Balaban J connectivity index is 2.62.